The number of sulfone groups is 1. The molecule has 0 amide bonds. The molecule has 17 heavy (non-hydrogen) atoms. The topological polar surface area (TPSA) is 87.7 Å². The minimum absolute atomic E-state index is 0.224. The molecule has 2 aromatic rings. The monoisotopic (exact) mass is 252 g/mol. The van der Waals surface area contributed by atoms with Gasteiger partial charge in [0.2, 0.25) is 0 Å². The van der Waals surface area contributed by atoms with Gasteiger partial charge in [-0.3, -0.25) is 5.10 Å². The number of aromatic nitrogens is 3. The highest BCUT2D eigenvalue weighted by Gasteiger charge is 2.08. The van der Waals surface area contributed by atoms with Gasteiger partial charge in [0.1, 0.15) is 5.82 Å². The highest BCUT2D eigenvalue weighted by Crippen LogP contribution is 2.16. The maximum absolute atomic E-state index is 11.4. The second kappa shape index (κ2) is 4.17. The molecule has 7 heteroatoms. The summed E-state index contributed by atoms with van der Waals surface area (Å²) in [6, 6.07) is 4.73. The summed E-state index contributed by atoms with van der Waals surface area (Å²) in [6.07, 6.45) is 2.60. The Morgan fingerprint density at radius 1 is 1.29 bits per heavy atom. The summed E-state index contributed by atoms with van der Waals surface area (Å²) in [5.74, 6) is 1.04. The van der Waals surface area contributed by atoms with Crippen molar-refractivity contribution in [3.05, 3.63) is 30.1 Å². The number of nitrogens with one attached hydrogen (secondary N) is 2. The minimum atomic E-state index is -3.22. The molecular formula is C10H12N4O2S. The van der Waals surface area contributed by atoms with Gasteiger partial charge in [-0.05, 0) is 19.1 Å². The van der Waals surface area contributed by atoms with E-state index in [1.54, 1.807) is 6.07 Å². The summed E-state index contributed by atoms with van der Waals surface area (Å²) in [7, 11) is -3.22. The van der Waals surface area contributed by atoms with Crippen LogP contribution in [-0.4, -0.2) is 29.9 Å². The smallest absolute Gasteiger partial charge is 0.175 e. The largest absolute Gasteiger partial charge is 0.323 e. The molecule has 0 aliphatic heterocycles. The SMILES string of the molecule is Cc1cc(Nc2cc(S(C)(=O)=O)ccn2)n[nH]1. The van der Waals surface area contributed by atoms with Crippen LogP contribution < -0.4 is 5.32 Å². The molecule has 0 bridgehead atoms. The highest BCUT2D eigenvalue weighted by molar-refractivity contribution is 7.90. The van der Waals surface area contributed by atoms with E-state index in [0.29, 0.717) is 11.6 Å². The highest BCUT2D eigenvalue weighted by atomic mass is 32.2. The maximum atomic E-state index is 11.4. The second-order valence-corrected chi connectivity index (χ2v) is 5.73. The van der Waals surface area contributed by atoms with E-state index >= 15 is 0 Å². The summed E-state index contributed by atoms with van der Waals surface area (Å²) in [4.78, 5) is 4.25. The van der Waals surface area contributed by atoms with Gasteiger partial charge in [0.25, 0.3) is 0 Å². The average Bonchev–Trinajstić information content (AvgIpc) is 2.63. The fourth-order valence-electron chi connectivity index (χ4n) is 1.32. The van der Waals surface area contributed by atoms with Gasteiger partial charge in [-0.2, -0.15) is 5.10 Å². The Morgan fingerprint density at radius 2 is 2.06 bits per heavy atom. The molecule has 2 rings (SSSR count). The lowest BCUT2D eigenvalue weighted by Crippen LogP contribution is -2.00. The van der Waals surface area contributed by atoms with Crippen molar-refractivity contribution in [1.29, 1.82) is 0 Å². The normalized spacial score (nSPS) is 11.4. The molecule has 0 saturated carbocycles. The number of aromatic amines is 1. The zero-order chi connectivity index (χ0) is 12.5. The Bertz CT molecular complexity index is 633. The molecule has 90 valence electrons. The van der Waals surface area contributed by atoms with Crippen molar-refractivity contribution in [1.82, 2.24) is 15.2 Å². The Balaban J connectivity index is 2.28. The lowest BCUT2D eigenvalue weighted by Gasteiger charge is -2.03. The van der Waals surface area contributed by atoms with Crippen molar-refractivity contribution in [2.75, 3.05) is 11.6 Å². The van der Waals surface area contributed by atoms with Crippen molar-refractivity contribution < 1.29 is 8.42 Å². The Kier molecular flexibility index (Phi) is 2.84. The number of aryl methyl sites for hydroxylation is 1. The zero-order valence-electron chi connectivity index (χ0n) is 9.43. The van der Waals surface area contributed by atoms with Crippen LogP contribution in [0.2, 0.25) is 0 Å². The first-order chi connectivity index (χ1) is 7.95. The molecular weight excluding hydrogens is 240 g/mol. The van der Waals surface area contributed by atoms with Crippen LogP contribution in [-0.2, 0) is 9.84 Å². The first kappa shape index (κ1) is 11.6. The van der Waals surface area contributed by atoms with Gasteiger partial charge in [0, 0.05) is 24.2 Å². The van der Waals surface area contributed by atoms with Crippen molar-refractivity contribution in [2.24, 2.45) is 0 Å². The molecule has 2 heterocycles. The predicted octanol–water partition coefficient (Wildman–Crippen LogP) is 1.26. The molecule has 0 saturated heterocycles. The summed E-state index contributed by atoms with van der Waals surface area (Å²) in [5, 5.41) is 9.67. The Morgan fingerprint density at radius 3 is 2.65 bits per heavy atom. The van der Waals surface area contributed by atoms with Gasteiger partial charge in [-0.25, -0.2) is 13.4 Å². The van der Waals surface area contributed by atoms with Gasteiger partial charge in [-0.15, -0.1) is 0 Å². The molecule has 0 aliphatic rings. The molecule has 2 aromatic heterocycles. The van der Waals surface area contributed by atoms with E-state index in [0.717, 1.165) is 11.9 Å². The molecule has 0 aliphatic carbocycles. The Labute approximate surface area is 99.0 Å². The minimum Gasteiger partial charge on any atom is -0.323 e. The van der Waals surface area contributed by atoms with E-state index < -0.39 is 9.84 Å². The van der Waals surface area contributed by atoms with Gasteiger partial charge >= 0.3 is 0 Å². The third-order valence-electron chi connectivity index (χ3n) is 2.12. The molecule has 0 fully saturated rings. The third kappa shape index (κ3) is 2.82. The van der Waals surface area contributed by atoms with Crippen LogP contribution in [0.5, 0.6) is 0 Å². The first-order valence-electron chi connectivity index (χ1n) is 4.90. The second-order valence-electron chi connectivity index (χ2n) is 3.71. The number of pyridine rings is 1. The van der Waals surface area contributed by atoms with Gasteiger partial charge in [-0.1, -0.05) is 0 Å². The van der Waals surface area contributed by atoms with E-state index in [1.807, 2.05) is 6.92 Å². The van der Waals surface area contributed by atoms with Crippen LogP contribution in [0.15, 0.2) is 29.3 Å². The van der Waals surface area contributed by atoms with Crippen molar-refractivity contribution in [2.45, 2.75) is 11.8 Å². The maximum Gasteiger partial charge on any atom is 0.175 e. The number of nitrogens with zero attached hydrogens (tertiary/aromatic N) is 2. The van der Waals surface area contributed by atoms with Gasteiger partial charge in [0.15, 0.2) is 15.7 Å². The predicted molar refractivity (Wildman–Crippen MR) is 64.0 cm³/mol. The van der Waals surface area contributed by atoms with Crippen molar-refractivity contribution in [3.63, 3.8) is 0 Å². The van der Waals surface area contributed by atoms with Gasteiger partial charge < -0.3 is 5.32 Å². The molecule has 0 aromatic carbocycles. The van der Waals surface area contributed by atoms with Crippen molar-refractivity contribution in [3.8, 4) is 0 Å². The van der Waals surface area contributed by atoms with E-state index in [9.17, 15) is 8.42 Å². The number of hydrogen-bond acceptors (Lipinski definition) is 5. The van der Waals surface area contributed by atoms with E-state index in [4.69, 9.17) is 0 Å². The lowest BCUT2D eigenvalue weighted by atomic mass is 10.4. The number of H-pyrrole nitrogens is 1. The number of rotatable bonds is 3. The molecule has 6 nitrogen and oxygen atoms in total. The van der Waals surface area contributed by atoms with Crippen LogP contribution in [0.3, 0.4) is 0 Å². The van der Waals surface area contributed by atoms with Crippen LogP contribution in [0.4, 0.5) is 11.6 Å². The summed E-state index contributed by atoms with van der Waals surface area (Å²) in [6.45, 7) is 1.87. The third-order valence-corrected chi connectivity index (χ3v) is 3.23. The summed E-state index contributed by atoms with van der Waals surface area (Å²) in [5.41, 5.74) is 0.909. The van der Waals surface area contributed by atoms with Crippen molar-refractivity contribution >= 4 is 21.5 Å². The van der Waals surface area contributed by atoms with Gasteiger partial charge in [0.05, 0.1) is 4.90 Å². The van der Waals surface area contributed by atoms with Crippen LogP contribution >= 0.6 is 0 Å². The first-order valence-corrected chi connectivity index (χ1v) is 6.79. The molecule has 0 atom stereocenters. The van der Waals surface area contributed by atoms with Crippen LogP contribution in [0.25, 0.3) is 0 Å². The standard InChI is InChI=1S/C10H12N4O2S/c1-7-5-10(14-13-7)12-9-6-8(3-4-11-9)17(2,15)16/h3-6H,1-2H3,(H2,11,12,13,14). The molecule has 0 unspecified atom stereocenters. The summed E-state index contributed by atoms with van der Waals surface area (Å²) < 4.78 is 22.7. The van der Waals surface area contributed by atoms with E-state index in [-0.39, 0.29) is 4.90 Å². The Hall–Kier alpha value is -1.89. The average molecular weight is 252 g/mol. The fourth-order valence-corrected chi connectivity index (χ4v) is 1.96. The van der Waals surface area contributed by atoms with Crippen LogP contribution in [0, 0.1) is 6.92 Å². The number of anilines is 2. The number of hydrogen-bond donors (Lipinski definition) is 2. The fraction of sp³-hybridized carbons (Fsp3) is 0.200. The summed E-state index contributed by atoms with van der Waals surface area (Å²) >= 11 is 0. The lowest BCUT2D eigenvalue weighted by molar-refractivity contribution is 0.602. The molecule has 0 radical (unpaired) electrons. The van der Waals surface area contributed by atoms with E-state index in [2.05, 4.69) is 20.5 Å². The molecule has 0 spiro atoms. The zero-order valence-corrected chi connectivity index (χ0v) is 10.2. The quantitative estimate of drug-likeness (QED) is 0.858. The van der Waals surface area contributed by atoms with Crippen LogP contribution in [0.1, 0.15) is 5.69 Å². The molecule has 2 N–H and O–H groups in total. The van der Waals surface area contributed by atoms with E-state index in [1.165, 1.54) is 18.3 Å².